The van der Waals surface area contributed by atoms with Crippen molar-refractivity contribution >= 4 is 11.7 Å². The molecule has 1 aromatic carbocycles. The maximum Gasteiger partial charge on any atom is 0.315 e. The van der Waals surface area contributed by atoms with E-state index in [0.717, 1.165) is 52.0 Å². The number of carbonyl (C=O) groups is 1. The van der Waals surface area contributed by atoms with E-state index in [1.165, 1.54) is 11.3 Å². The number of hydrogen-bond donors (Lipinski definition) is 1. The number of piperazine rings is 1. The van der Waals surface area contributed by atoms with Gasteiger partial charge in [0.15, 0.2) is 0 Å². The smallest absolute Gasteiger partial charge is 0.315 e. The minimum Gasteiger partial charge on any atom is -0.461 e. The molecule has 5 nitrogen and oxygen atoms in total. The molecule has 30 heavy (non-hydrogen) atoms. The van der Waals surface area contributed by atoms with E-state index in [0.29, 0.717) is 23.9 Å². The Hall–Kier alpha value is -1.85. The predicted octanol–water partition coefficient (Wildman–Crippen LogP) is 1.69. The highest BCUT2D eigenvalue weighted by Gasteiger charge is 2.71. The number of benzene rings is 1. The Labute approximate surface area is 179 Å². The standard InChI is InChI=1S/C25H32N2O3/c1-16-8-9-18-20(15-26-10-12-27(13-11-26)17-6-4-3-5-7-17)24(28)29-23(18)22-19(16)14-21-25(22,2)30-21/h3-7,18-23H,1,8-15H2,2H3/p+1/t18-,19-,20-,21+,22-,23-,25+/m0/s1. The van der Waals surface area contributed by atoms with Crippen LogP contribution < -0.4 is 9.80 Å². The van der Waals surface area contributed by atoms with Crippen LogP contribution >= 0.6 is 0 Å². The fourth-order valence-corrected chi connectivity index (χ4v) is 7.03. The summed E-state index contributed by atoms with van der Waals surface area (Å²) >= 11 is 0. The summed E-state index contributed by atoms with van der Waals surface area (Å²) in [6.07, 6.45) is 3.51. The summed E-state index contributed by atoms with van der Waals surface area (Å²) in [6.45, 7) is 11.8. The maximum atomic E-state index is 13.0. The van der Waals surface area contributed by atoms with Gasteiger partial charge in [0, 0.05) is 17.5 Å². The quantitative estimate of drug-likeness (QED) is 0.469. The maximum absolute atomic E-state index is 13.0. The molecule has 0 radical (unpaired) electrons. The van der Waals surface area contributed by atoms with Gasteiger partial charge < -0.3 is 19.3 Å². The fraction of sp³-hybridized carbons (Fsp3) is 0.640. The van der Waals surface area contributed by atoms with Crippen molar-refractivity contribution in [3.8, 4) is 0 Å². The van der Waals surface area contributed by atoms with Gasteiger partial charge in [0.2, 0.25) is 0 Å². The summed E-state index contributed by atoms with van der Waals surface area (Å²) in [6, 6.07) is 10.7. The summed E-state index contributed by atoms with van der Waals surface area (Å²) in [7, 11) is 0. The van der Waals surface area contributed by atoms with Crippen molar-refractivity contribution in [1.82, 2.24) is 0 Å². The zero-order valence-electron chi connectivity index (χ0n) is 17.9. The number of epoxide rings is 1. The lowest BCUT2D eigenvalue weighted by Gasteiger charge is -2.35. The Morgan fingerprint density at radius 1 is 1.23 bits per heavy atom. The number of anilines is 1. The summed E-state index contributed by atoms with van der Waals surface area (Å²) in [5, 5.41) is 0. The summed E-state index contributed by atoms with van der Waals surface area (Å²) in [5.41, 5.74) is 2.58. The third-order valence-electron chi connectivity index (χ3n) is 8.81. The van der Waals surface area contributed by atoms with Gasteiger partial charge >= 0.3 is 5.97 Å². The van der Waals surface area contributed by atoms with Gasteiger partial charge in [0.05, 0.1) is 44.4 Å². The highest BCUT2D eigenvalue weighted by atomic mass is 16.6. The van der Waals surface area contributed by atoms with E-state index < -0.39 is 0 Å². The Balaban J connectivity index is 1.15. The van der Waals surface area contributed by atoms with Crippen molar-refractivity contribution < 1.29 is 19.2 Å². The SMILES string of the molecule is C=C1CC[C@@H]2[C@H](OC(=O)[C@H]2C[NH+]2CCN(c3ccccc3)CC2)[C@@H]2[C@H]1C[C@H]1O[C@@]21C. The molecule has 0 aromatic heterocycles. The molecule has 5 fully saturated rings. The third-order valence-corrected chi connectivity index (χ3v) is 8.81. The third kappa shape index (κ3) is 2.85. The second kappa shape index (κ2) is 6.83. The first-order valence-corrected chi connectivity index (χ1v) is 11.7. The van der Waals surface area contributed by atoms with Crippen molar-refractivity contribution in [3.05, 3.63) is 42.5 Å². The average Bonchev–Trinajstić information content (AvgIpc) is 3.24. The number of nitrogens with zero attached hydrogens (tertiary/aromatic N) is 1. The minimum atomic E-state index is -0.0931. The highest BCUT2D eigenvalue weighted by Crippen LogP contribution is 2.63. The van der Waals surface area contributed by atoms with Gasteiger partial charge in [0.25, 0.3) is 0 Å². The largest absolute Gasteiger partial charge is 0.461 e. The summed E-state index contributed by atoms with van der Waals surface area (Å²) in [5.74, 6) is 1.17. The van der Waals surface area contributed by atoms with E-state index in [1.54, 1.807) is 4.90 Å². The molecule has 3 aliphatic heterocycles. The predicted molar refractivity (Wildman–Crippen MR) is 114 cm³/mol. The van der Waals surface area contributed by atoms with E-state index in [2.05, 4.69) is 48.7 Å². The molecule has 0 bridgehead atoms. The first kappa shape index (κ1) is 18.9. The molecule has 5 heteroatoms. The Kier molecular flexibility index (Phi) is 4.30. The van der Waals surface area contributed by atoms with E-state index in [1.807, 2.05) is 0 Å². The van der Waals surface area contributed by atoms with E-state index in [4.69, 9.17) is 9.47 Å². The van der Waals surface area contributed by atoms with Crippen LogP contribution in [-0.2, 0) is 14.3 Å². The topological polar surface area (TPSA) is 46.5 Å². The number of hydrogen-bond acceptors (Lipinski definition) is 4. The van der Waals surface area contributed by atoms with Crippen LogP contribution in [0.25, 0.3) is 0 Å². The number of para-hydroxylation sites is 1. The normalized spacial score (nSPS) is 42.9. The monoisotopic (exact) mass is 409 g/mol. The van der Waals surface area contributed by atoms with Gasteiger partial charge in [0.1, 0.15) is 12.0 Å². The zero-order chi connectivity index (χ0) is 20.5. The molecule has 3 saturated heterocycles. The van der Waals surface area contributed by atoms with Crippen LogP contribution in [-0.4, -0.2) is 56.5 Å². The van der Waals surface area contributed by atoms with Gasteiger partial charge in [-0.3, -0.25) is 4.79 Å². The first-order valence-electron chi connectivity index (χ1n) is 11.7. The Bertz CT molecular complexity index is 849. The van der Waals surface area contributed by atoms with Crippen molar-refractivity contribution in [3.63, 3.8) is 0 Å². The lowest BCUT2D eigenvalue weighted by molar-refractivity contribution is -0.903. The molecule has 0 spiro atoms. The summed E-state index contributed by atoms with van der Waals surface area (Å²) < 4.78 is 12.2. The van der Waals surface area contributed by atoms with Crippen LogP contribution in [0.2, 0.25) is 0 Å². The first-order chi connectivity index (χ1) is 14.5. The number of rotatable bonds is 3. The molecule has 1 N–H and O–H groups in total. The molecular formula is C25H33N2O3+. The molecule has 1 aromatic rings. The molecule has 0 unspecified atom stereocenters. The van der Waals surface area contributed by atoms with E-state index in [9.17, 15) is 4.79 Å². The molecule has 3 heterocycles. The Morgan fingerprint density at radius 3 is 2.77 bits per heavy atom. The van der Waals surface area contributed by atoms with Gasteiger partial charge in [-0.05, 0) is 44.2 Å². The number of quaternary nitrogens is 1. The zero-order valence-corrected chi connectivity index (χ0v) is 17.9. The summed E-state index contributed by atoms with van der Waals surface area (Å²) in [4.78, 5) is 17.0. The van der Waals surface area contributed by atoms with Crippen molar-refractivity contribution in [2.75, 3.05) is 37.6 Å². The Morgan fingerprint density at radius 2 is 2.00 bits per heavy atom. The van der Waals surface area contributed by atoms with Gasteiger partial charge in [-0.25, -0.2) is 0 Å². The highest BCUT2D eigenvalue weighted by molar-refractivity contribution is 5.75. The van der Waals surface area contributed by atoms with Crippen LogP contribution in [0.5, 0.6) is 0 Å². The lowest BCUT2D eigenvalue weighted by Crippen LogP contribution is -3.15. The number of allylic oxidation sites excluding steroid dienone is 1. The van der Waals surface area contributed by atoms with Crippen LogP contribution in [0.1, 0.15) is 26.2 Å². The molecule has 5 aliphatic rings. The van der Waals surface area contributed by atoms with Crippen molar-refractivity contribution in [1.29, 1.82) is 0 Å². The van der Waals surface area contributed by atoms with Crippen LogP contribution in [0.15, 0.2) is 42.5 Å². The molecule has 6 rings (SSSR count). The second-order valence-electron chi connectivity index (χ2n) is 10.3. The number of carbonyl (C=O) groups excluding carboxylic acids is 1. The van der Waals surface area contributed by atoms with Crippen molar-refractivity contribution in [2.24, 2.45) is 23.7 Å². The van der Waals surface area contributed by atoms with Crippen LogP contribution in [0.4, 0.5) is 5.69 Å². The van der Waals surface area contributed by atoms with Gasteiger partial charge in [-0.2, -0.15) is 0 Å². The second-order valence-corrected chi connectivity index (χ2v) is 10.3. The van der Waals surface area contributed by atoms with Crippen LogP contribution in [0.3, 0.4) is 0 Å². The number of nitrogens with one attached hydrogen (secondary N) is 1. The molecule has 2 aliphatic carbocycles. The molecule has 7 atom stereocenters. The lowest BCUT2D eigenvalue weighted by atomic mass is 9.77. The number of fused-ring (bicyclic) bond motifs is 5. The molecular weight excluding hydrogens is 376 g/mol. The average molecular weight is 410 g/mol. The van der Waals surface area contributed by atoms with Crippen LogP contribution in [0, 0.1) is 23.7 Å². The van der Waals surface area contributed by atoms with Gasteiger partial charge in [-0.1, -0.05) is 30.4 Å². The minimum absolute atomic E-state index is 0.0225. The van der Waals surface area contributed by atoms with E-state index in [-0.39, 0.29) is 23.6 Å². The molecule has 160 valence electrons. The molecule has 2 saturated carbocycles. The van der Waals surface area contributed by atoms with E-state index >= 15 is 0 Å². The van der Waals surface area contributed by atoms with Gasteiger partial charge in [-0.15, -0.1) is 0 Å². The van der Waals surface area contributed by atoms with Crippen molar-refractivity contribution in [2.45, 2.75) is 44.0 Å². The number of ether oxygens (including phenoxy) is 2. The molecule has 0 amide bonds. The number of esters is 1. The fourth-order valence-electron chi connectivity index (χ4n) is 7.03.